The molecule has 0 aliphatic carbocycles. The molecule has 0 spiro atoms. The Bertz CT molecular complexity index is 123. The normalized spacial score (nSPS) is 24.7. The number of hydrogen-bond donors (Lipinski definition) is 1. The van der Waals surface area contributed by atoms with Gasteiger partial charge in [-0.05, 0) is 0 Å². The van der Waals surface area contributed by atoms with Gasteiger partial charge < -0.3 is 10.1 Å². The Morgan fingerprint density at radius 3 is 3.20 bits per heavy atom. The van der Waals surface area contributed by atoms with Gasteiger partial charge >= 0.3 is 0 Å². The molecule has 1 heterocycles. The topological polar surface area (TPSA) is 38.3 Å². The minimum Gasteiger partial charge on any atom is -0.370 e. The van der Waals surface area contributed by atoms with Crippen LogP contribution in [0, 0.1) is 0 Å². The second-order valence-corrected chi connectivity index (χ2v) is 3.45. The van der Waals surface area contributed by atoms with Crippen LogP contribution < -0.4 is 5.32 Å². The van der Waals surface area contributed by atoms with E-state index >= 15 is 0 Å². The van der Waals surface area contributed by atoms with E-state index in [9.17, 15) is 4.79 Å². The molecule has 1 fully saturated rings. The van der Waals surface area contributed by atoms with Gasteiger partial charge in [0.2, 0.25) is 5.91 Å². The second-order valence-electron chi connectivity index (χ2n) is 2.21. The molecule has 1 amide bonds. The molecule has 0 bridgehead atoms. The zero-order chi connectivity index (χ0) is 7.40. The summed E-state index contributed by atoms with van der Waals surface area (Å²) in [6.45, 7) is 3.03. The number of amides is 1. The highest BCUT2D eigenvalue weighted by molar-refractivity contribution is 8.00. The minimum atomic E-state index is 0.0347. The smallest absolute Gasteiger partial charge is 0.216 e. The molecule has 1 aliphatic heterocycles. The van der Waals surface area contributed by atoms with Crippen LogP contribution in [0.5, 0.6) is 0 Å². The summed E-state index contributed by atoms with van der Waals surface area (Å²) < 4.78 is 5.10. The third kappa shape index (κ3) is 2.58. The number of thioether (sulfide) groups is 1. The van der Waals surface area contributed by atoms with Crippen molar-refractivity contribution in [2.75, 3.05) is 19.1 Å². The monoisotopic (exact) mass is 161 g/mol. The van der Waals surface area contributed by atoms with Crippen LogP contribution in [-0.2, 0) is 9.53 Å². The maximum atomic E-state index is 10.4. The Hall–Kier alpha value is -0.220. The van der Waals surface area contributed by atoms with Crippen molar-refractivity contribution in [1.82, 2.24) is 5.32 Å². The van der Waals surface area contributed by atoms with Crippen LogP contribution in [0.3, 0.4) is 0 Å². The Labute approximate surface area is 64.5 Å². The van der Waals surface area contributed by atoms with Crippen molar-refractivity contribution in [1.29, 1.82) is 0 Å². The standard InChI is InChI=1S/C6H11NO2S/c1-5(8)7-2-6-3-9-4-10-6/h6H,2-4H2,1H3,(H,7,8). The highest BCUT2D eigenvalue weighted by Crippen LogP contribution is 2.17. The Morgan fingerprint density at radius 1 is 1.90 bits per heavy atom. The van der Waals surface area contributed by atoms with Crippen LogP contribution in [-0.4, -0.2) is 30.2 Å². The summed E-state index contributed by atoms with van der Waals surface area (Å²) in [6.07, 6.45) is 0. The van der Waals surface area contributed by atoms with Crippen molar-refractivity contribution < 1.29 is 9.53 Å². The van der Waals surface area contributed by atoms with E-state index in [-0.39, 0.29) is 5.91 Å². The van der Waals surface area contributed by atoms with E-state index in [1.54, 1.807) is 11.8 Å². The minimum absolute atomic E-state index is 0.0347. The summed E-state index contributed by atoms with van der Waals surface area (Å²) in [5.41, 5.74) is 0. The van der Waals surface area contributed by atoms with Crippen molar-refractivity contribution in [3.8, 4) is 0 Å². The van der Waals surface area contributed by atoms with Gasteiger partial charge in [0.25, 0.3) is 0 Å². The highest BCUT2D eigenvalue weighted by atomic mass is 32.2. The fourth-order valence-electron chi connectivity index (χ4n) is 0.747. The third-order valence-corrected chi connectivity index (χ3v) is 2.35. The lowest BCUT2D eigenvalue weighted by Crippen LogP contribution is -2.28. The molecule has 0 saturated carbocycles. The molecule has 0 aromatic heterocycles. The number of rotatable bonds is 2. The van der Waals surface area contributed by atoms with Crippen molar-refractivity contribution in [3.63, 3.8) is 0 Å². The largest absolute Gasteiger partial charge is 0.370 e. The van der Waals surface area contributed by atoms with Crippen LogP contribution in [0.4, 0.5) is 0 Å². The van der Waals surface area contributed by atoms with E-state index in [2.05, 4.69) is 5.32 Å². The first-order valence-electron chi connectivity index (χ1n) is 3.23. The molecular weight excluding hydrogens is 150 g/mol. The van der Waals surface area contributed by atoms with Gasteiger partial charge in [-0.25, -0.2) is 0 Å². The molecule has 1 saturated heterocycles. The summed E-state index contributed by atoms with van der Waals surface area (Å²) in [4.78, 5) is 10.4. The van der Waals surface area contributed by atoms with Gasteiger partial charge in [-0.2, -0.15) is 0 Å². The van der Waals surface area contributed by atoms with Gasteiger partial charge in [-0.1, -0.05) is 0 Å². The van der Waals surface area contributed by atoms with Crippen LogP contribution in [0.1, 0.15) is 6.92 Å². The number of hydrogen-bond acceptors (Lipinski definition) is 3. The zero-order valence-corrected chi connectivity index (χ0v) is 6.74. The molecule has 1 rings (SSSR count). The van der Waals surface area contributed by atoms with Crippen molar-refractivity contribution in [2.24, 2.45) is 0 Å². The summed E-state index contributed by atoms with van der Waals surface area (Å²) in [5, 5.41) is 3.21. The van der Waals surface area contributed by atoms with Crippen molar-refractivity contribution >= 4 is 17.7 Å². The van der Waals surface area contributed by atoms with E-state index < -0.39 is 0 Å². The molecule has 0 radical (unpaired) electrons. The SMILES string of the molecule is CC(=O)NCC1COCS1. The number of nitrogens with one attached hydrogen (secondary N) is 1. The van der Waals surface area contributed by atoms with Gasteiger partial charge in [0, 0.05) is 18.7 Å². The van der Waals surface area contributed by atoms with Gasteiger partial charge in [-0.3, -0.25) is 4.79 Å². The van der Waals surface area contributed by atoms with Crippen molar-refractivity contribution in [3.05, 3.63) is 0 Å². The average Bonchev–Trinajstić information content (AvgIpc) is 2.34. The first kappa shape index (κ1) is 7.88. The van der Waals surface area contributed by atoms with Crippen LogP contribution in [0.25, 0.3) is 0 Å². The Kier molecular flexibility index (Phi) is 3.02. The molecule has 3 nitrogen and oxygen atoms in total. The van der Waals surface area contributed by atoms with Crippen LogP contribution in [0.15, 0.2) is 0 Å². The average molecular weight is 161 g/mol. The molecule has 1 atom stereocenters. The predicted molar refractivity (Wildman–Crippen MR) is 40.9 cm³/mol. The lowest BCUT2D eigenvalue weighted by molar-refractivity contribution is -0.118. The van der Waals surface area contributed by atoms with Crippen LogP contribution >= 0.6 is 11.8 Å². The number of ether oxygens (including phenoxy) is 1. The molecule has 0 aromatic carbocycles. The molecular formula is C6H11NO2S. The maximum Gasteiger partial charge on any atom is 0.216 e. The summed E-state index contributed by atoms with van der Waals surface area (Å²) in [6, 6.07) is 0. The van der Waals surface area contributed by atoms with E-state index in [0.717, 1.165) is 19.1 Å². The van der Waals surface area contributed by atoms with E-state index in [0.29, 0.717) is 5.25 Å². The summed E-state index contributed by atoms with van der Waals surface area (Å²) in [5.74, 6) is 0.803. The highest BCUT2D eigenvalue weighted by Gasteiger charge is 2.15. The Balaban J connectivity index is 2.07. The third-order valence-electron chi connectivity index (χ3n) is 1.27. The first-order chi connectivity index (χ1) is 4.79. The second kappa shape index (κ2) is 3.83. The van der Waals surface area contributed by atoms with Gasteiger partial charge in [-0.15, -0.1) is 11.8 Å². The zero-order valence-electron chi connectivity index (χ0n) is 5.92. The number of carbonyl (C=O) groups excluding carboxylic acids is 1. The van der Waals surface area contributed by atoms with Gasteiger partial charge in [0.1, 0.15) is 0 Å². The van der Waals surface area contributed by atoms with E-state index in [1.165, 1.54) is 6.92 Å². The summed E-state index contributed by atoms with van der Waals surface area (Å²) >= 11 is 1.75. The predicted octanol–water partition coefficient (Wildman–Crippen LogP) is 0.212. The van der Waals surface area contributed by atoms with E-state index in [4.69, 9.17) is 4.74 Å². The first-order valence-corrected chi connectivity index (χ1v) is 4.27. The fourth-order valence-corrected chi connectivity index (χ4v) is 1.53. The molecule has 0 aromatic rings. The molecule has 1 unspecified atom stereocenters. The molecule has 4 heteroatoms. The quantitative estimate of drug-likeness (QED) is 0.629. The van der Waals surface area contributed by atoms with Crippen molar-refractivity contribution in [2.45, 2.75) is 12.2 Å². The van der Waals surface area contributed by atoms with Gasteiger partial charge in [0.05, 0.1) is 12.5 Å². The van der Waals surface area contributed by atoms with Gasteiger partial charge in [0.15, 0.2) is 0 Å². The lowest BCUT2D eigenvalue weighted by Gasteiger charge is -2.05. The van der Waals surface area contributed by atoms with Crippen LogP contribution in [0.2, 0.25) is 0 Å². The molecule has 1 aliphatic rings. The summed E-state index contributed by atoms with van der Waals surface area (Å²) in [7, 11) is 0. The molecule has 10 heavy (non-hydrogen) atoms. The Morgan fingerprint density at radius 2 is 2.70 bits per heavy atom. The number of carbonyl (C=O) groups is 1. The fraction of sp³-hybridized carbons (Fsp3) is 0.833. The molecule has 1 N–H and O–H groups in total. The molecule has 58 valence electrons. The van der Waals surface area contributed by atoms with E-state index in [1.807, 2.05) is 0 Å². The maximum absolute atomic E-state index is 10.4. The lowest BCUT2D eigenvalue weighted by atomic mass is 10.4.